The molecule has 224 valence electrons. The van der Waals surface area contributed by atoms with Crippen molar-refractivity contribution in [1.29, 1.82) is 0 Å². The van der Waals surface area contributed by atoms with E-state index >= 15 is 0 Å². The molecule has 10 nitrogen and oxygen atoms in total. The summed E-state index contributed by atoms with van der Waals surface area (Å²) >= 11 is 0. The SMILES string of the molecule is C#CCCC(NC(=O)C1CCCN1C(C)=O)C(=O)C(=O)NCC=C.CC.CCC.CNC(=O)NCC(C)(C)C. The number of ketones is 1. The maximum Gasteiger partial charge on any atom is 0.314 e. The summed E-state index contributed by atoms with van der Waals surface area (Å²) in [7, 11) is 1.61. The number of nitrogens with zero attached hydrogens (tertiary/aromatic N) is 1. The van der Waals surface area contributed by atoms with Crippen LogP contribution in [0.15, 0.2) is 12.7 Å². The van der Waals surface area contributed by atoms with Crippen LogP contribution in [-0.4, -0.2) is 73.2 Å². The molecule has 1 aliphatic heterocycles. The minimum Gasteiger partial charge on any atom is -0.346 e. The number of terminal acetylenes is 1. The lowest BCUT2D eigenvalue weighted by Gasteiger charge is -2.25. The third-order valence-electron chi connectivity index (χ3n) is 4.81. The first-order valence-corrected chi connectivity index (χ1v) is 13.7. The van der Waals surface area contributed by atoms with Gasteiger partial charge in [0.05, 0.1) is 6.04 Å². The zero-order valence-corrected chi connectivity index (χ0v) is 25.7. The number of hydrogen-bond donors (Lipinski definition) is 4. The summed E-state index contributed by atoms with van der Waals surface area (Å²) in [5.41, 5.74) is 0.159. The number of likely N-dealkylation sites (tertiary alicyclic amines) is 1. The van der Waals surface area contributed by atoms with Gasteiger partial charge in [-0.25, -0.2) is 4.79 Å². The fraction of sp³-hybridized carbons (Fsp3) is 0.690. The second-order valence-corrected chi connectivity index (χ2v) is 9.74. The average molecular weight is 552 g/mol. The number of nitrogens with one attached hydrogen (secondary N) is 4. The summed E-state index contributed by atoms with van der Waals surface area (Å²) in [5.74, 6) is 0.206. The van der Waals surface area contributed by atoms with Crippen LogP contribution in [0.2, 0.25) is 0 Å². The summed E-state index contributed by atoms with van der Waals surface area (Å²) in [4.78, 5) is 60.1. The summed E-state index contributed by atoms with van der Waals surface area (Å²) in [6.45, 7) is 20.7. The molecule has 0 saturated carbocycles. The minimum atomic E-state index is -1.01. The van der Waals surface area contributed by atoms with Crippen molar-refractivity contribution < 1.29 is 24.0 Å². The molecular weight excluding hydrogens is 498 g/mol. The van der Waals surface area contributed by atoms with Crippen LogP contribution in [0.1, 0.15) is 87.5 Å². The molecule has 0 aromatic rings. The van der Waals surface area contributed by atoms with Crippen molar-refractivity contribution in [3.63, 3.8) is 0 Å². The molecule has 0 aromatic heterocycles. The smallest absolute Gasteiger partial charge is 0.314 e. The van der Waals surface area contributed by atoms with Crippen molar-refractivity contribution in [3.05, 3.63) is 12.7 Å². The second kappa shape index (κ2) is 23.7. The van der Waals surface area contributed by atoms with E-state index in [1.807, 2.05) is 13.8 Å². The number of carbonyl (C=O) groups is 5. The molecule has 4 N–H and O–H groups in total. The van der Waals surface area contributed by atoms with Gasteiger partial charge in [0.1, 0.15) is 6.04 Å². The molecule has 0 spiro atoms. The minimum absolute atomic E-state index is 0.116. The van der Waals surface area contributed by atoms with Crippen LogP contribution in [0, 0.1) is 17.8 Å². The Labute approximate surface area is 236 Å². The van der Waals surface area contributed by atoms with Crippen molar-refractivity contribution in [1.82, 2.24) is 26.2 Å². The fourth-order valence-corrected chi connectivity index (χ4v) is 3.02. The van der Waals surface area contributed by atoms with Crippen LogP contribution in [0.4, 0.5) is 4.79 Å². The largest absolute Gasteiger partial charge is 0.346 e. The molecule has 5 amide bonds. The van der Waals surface area contributed by atoms with E-state index in [4.69, 9.17) is 6.42 Å². The number of urea groups is 1. The number of amides is 5. The van der Waals surface area contributed by atoms with Crippen LogP contribution in [0.5, 0.6) is 0 Å². The zero-order valence-electron chi connectivity index (χ0n) is 25.7. The molecule has 1 fully saturated rings. The molecule has 39 heavy (non-hydrogen) atoms. The van der Waals surface area contributed by atoms with Crippen LogP contribution in [-0.2, 0) is 19.2 Å². The van der Waals surface area contributed by atoms with E-state index in [1.54, 1.807) is 7.05 Å². The molecule has 1 aliphatic rings. The van der Waals surface area contributed by atoms with Gasteiger partial charge in [-0.3, -0.25) is 19.2 Å². The van der Waals surface area contributed by atoms with Crippen LogP contribution in [0.3, 0.4) is 0 Å². The first-order valence-electron chi connectivity index (χ1n) is 13.7. The fourth-order valence-electron chi connectivity index (χ4n) is 3.02. The standard InChI is InChI=1S/C17H23N3O4.C7H16N2O.C3H8.C2H6/c1-4-6-8-13(15(22)17(24)18-10-5-2)19-16(23)14-9-7-11-20(14)12(3)21;1-7(2,3)5-9-6(10)8-4;1-3-2;1-2/h1,5,13-14H,2,6-11H2,3H3,(H,18,24)(H,19,23);5H2,1-4H3,(H2,8,9,10);3H2,1-2H3;1-2H3. The Balaban J connectivity index is -0.000000717. The molecule has 1 heterocycles. The highest BCUT2D eigenvalue weighted by molar-refractivity contribution is 6.38. The Morgan fingerprint density at radius 1 is 1.13 bits per heavy atom. The van der Waals surface area contributed by atoms with Crippen molar-refractivity contribution in [2.24, 2.45) is 5.41 Å². The maximum absolute atomic E-state index is 12.4. The van der Waals surface area contributed by atoms with Gasteiger partial charge in [0, 0.05) is 40.0 Å². The Morgan fingerprint density at radius 2 is 1.69 bits per heavy atom. The van der Waals surface area contributed by atoms with Gasteiger partial charge in [-0.2, -0.15) is 0 Å². The highest BCUT2D eigenvalue weighted by Crippen LogP contribution is 2.18. The van der Waals surface area contributed by atoms with Crippen molar-refractivity contribution in [2.45, 2.75) is 99.6 Å². The molecule has 1 rings (SSSR count). The summed E-state index contributed by atoms with van der Waals surface area (Å²) in [6, 6.07) is -1.73. The Kier molecular flexibility index (Phi) is 24.4. The molecule has 2 atom stereocenters. The normalized spacial score (nSPS) is 14.2. The number of Topliss-reactive ketones (excluding diaryl/α,β-unsaturated/α-hetero) is 1. The average Bonchev–Trinajstić information content (AvgIpc) is 3.40. The molecule has 0 aliphatic carbocycles. The van der Waals surface area contributed by atoms with Gasteiger partial charge in [0.15, 0.2) is 0 Å². The third kappa shape index (κ3) is 20.3. The number of hydrogen-bond acceptors (Lipinski definition) is 5. The predicted molar refractivity (Wildman–Crippen MR) is 158 cm³/mol. The lowest BCUT2D eigenvalue weighted by Crippen LogP contribution is -2.53. The van der Waals surface area contributed by atoms with Crippen molar-refractivity contribution >= 4 is 29.5 Å². The summed E-state index contributed by atoms with van der Waals surface area (Å²) < 4.78 is 0. The number of carbonyl (C=O) groups excluding carboxylic acids is 5. The van der Waals surface area contributed by atoms with E-state index in [9.17, 15) is 24.0 Å². The Hall–Kier alpha value is -3.35. The lowest BCUT2D eigenvalue weighted by molar-refractivity contribution is -0.141. The zero-order chi connectivity index (χ0) is 31.0. The molecule has 2 unspecified atom stereocenters. The molecular formula is C29H53N5O5. The quantitative estimate of drug-likeness (QED) is 0.198. The van der Waals surface area contributed by atoms with Gasteiger partial charge in [-0.05, 0) is 24.7 Å². The first-order chi connectivity index (χ1) is 18.3. The van der Waals surface area contributed by atoms with Crippen LogP contribution < -0.4 is 21.3 Å². The monoisotopic (exact) mass is 551 g/mol. The highest BCUT2D eigenvalue weighted by Gasteiger charge is 2.35. The van der Waals surface area contributed by atoms with E-state index in [-0.39, 0.29) is 36.7 Å². The first kappa shape index (κ1) is 40.2. The molecule has 0 aromatic carbocycles. The molecule has 1 saturated heterocycles. The van der Waals surface area contributed by atoms with E-state index in [1.165, 1.54) is 24.3 Å². The number of rotatable bonds is 9. The predicted octanol–water partition coefficient (Wildman–Crippen LogP) is 3.17. The van der Waals surface area contributed by atoms with Gasteiger partial charge < -0.3 is 26.2 Å². The van der Waals surface area contributed by atoms with Crippen LogP contribution >= 0.6 is 0 Å². The maximum atomic E-state index is 12.4. The summed E-state index contributed by atoms with van der Waals surface area (Å²) in [6.07, 6.45) is 9.56. The van der Waals surface area contributed by atoms with Gasteiger partial charge in [0.2, 0.25) is 17.6 Å². The van der Waals surface area contributed by atoms with Crippen molar-refractivity contribution in [3.8, 4) is 12.3 Å². The second-order valence-electron chi connectivity index (χ2n) is 9.74. The van der Waals surface area contributed by atoms with E-state index in [2.05, 4.69) is 68.4 Å². The lowest BCUT2D eigenvalue weighted by atomic mass is 9.97. The molecule has 0 bridgehead atoms. The topological polar surface area (TPSA) is 137 Å². The van der Waals surface area contributed by atoms with Gasteiger partial charge in [-0.15, -0.1) is 18.9 Å². The Morgan fingerprint density at radius 3 is 2.13 bits per heavy atom. The van der Waals surface area contributed by atoms with Gasteiger partial charge in [-0.1, -0.05) is 61.0 Å². The van der Waals surface area contributed by atoms with E-state index in [0.717, 1.165) is 6.42 Å². The highest BCUT2D eigenvalue weighted by atomic mass is 16.2. The third-order valence-corrected chi connectivity index (χ3v) is 4.81. The van der Waals surface area contributed by atoms with Crippen LogP contribution in [0.25, 0.3) is 0 Å². The van der Waals surface area contributed by atoms with Gasteiger partial charge >= 0.3 is 6.03 Å². The molecule has 10 heteroatoms. The van der Waals surface area contributed by atoms with E-state index in [0.29, 0.717) is 19.5 Å². The summed E-state index contributed by atoms with van der Waals surface area (Å²) in [5, 5.41) is 10.2. The van der Waals surface area contributed by atoms with E-state index < -0.39 is 29.7 Å². The van der Waals surface area contributed by atoms with Crippen molar-refractivity contribution in [2.75, 3.05) is 26.7 Å². The molecule has 0 radical (unpaired) electrons. The Bertz CT molecular complexity index is 799. The van der Waals surface area contributed by atoms with Gasteiger partial charge in [0.25, 0.3) is 5.91 Å².